The number of hydrogen-bond donors (Lipinski definition) is 1. The number of benzene rings is 2. The highest BCUT2D eigenvalue weighted by Gasteiger charge is 2.30. The Labute approximate surface area is 180 Å². The third kappa shape index (κ3) is 4.25. The van der Waals surface area contributed by atoms with Crippen molar-refractivity contribution in [3.05, 3.63) is 83.8 Å². The number of nitrogens with zero attached hydrogens (tertiary/aromatic N) is 1. The van der Waals surface area contributed by atoms with E-state index in [1.807, 2.05) is 0 Å². The normalized spacial score (nSPS) is 11.2. The molecule has 3 aromatic rings. The van der Waals surface area contributed by atoms with E-state index in [1.165, 1.54) is 37.4 Å². The zero-order valence-electron chi connectivity index (χ0n) is 17.5. The largest absolute Gasteiger partial charge is 0.497 e. The van der Waals surface area contributed by atoms with Crippen LogP contribution in [0, 0.1) is 19.7 Å². The second-order valence-corrected chi connectivity index (χ2v) is 8.82. The van der Waals surface area contributed by atoms with Crippen LogP contribution in [-0.2, 0) is 16.4 Å². The summed E-state index contributed by atoms with van der Waals surface area (Å²) in [4.78, 5) is 12.9. The first-order chi connectivity index (χ1) is 14.7. The summed E-state index contributed by atoms with van der Waals surface area (Å²) in [5, 5.41) is 2.67. The van der Waals surface area contributed by atoms with Gasteiger partial charge in [-0.3, -0.25) is 4.79 Å². The maximum atomic E-state index is 13.6. The monoisotopic (exact) mass is 442 g/mol. The average molecular weight is 443 g/mol. The molecule has 0 radical (unpaired) electrons. The Bertz CT molecular complexity index is 1250. The van der Waals surface area contributed by atoms with Crippen LogP contribution in [0.5, 0.6) is 5.75 Å². The van der Waals surface area contributed by atoms with Gasteiger partial charge in [0.15, 0.2) is 0 Å². The Hall–Kier alpha value is -3.39. The molecule has 0 aliphatic carbocycles. The Morgan fingerprint density at radius 1 is 1.19 bits per heavy atom. The molecule has 8 heteroatoms. The Balaban J connectivity index is 2.16. The highest BCUT2D eigenvalue weighted by atomic mass is 32.2. The minimum Gasteiger partial charge on any atom is -0.497 e. The Morgan fingerprint density at radius 3 is 2.45 bits per heavy atom. The van der Waals surface area contributed by atoms with E-state index in [9.17, 15) is 17.6 Å². The number of nitrogens with one attached hydrogen (secondary N) is 1. The van der Waals surface area contributed by atoms with Gasteiger partial charge in [0.25, 0.3) is 5.91 Å². The third-order valence-corrected chi connectivity index (χ3v) is 6.97. The quantitative estimate of drug-likeness (QED) is 0.546. The van der Waals surface area contributed by atoms with Crippen LogP contribution in [-0.4, -0.2) is 26.0 Å². The van der Waals surface area contributed by atoms with Crippen LogP contribution in [0.3, 0.4) is 0 Å². The molecule has 0 fully saturated rings. The Morgan fingerprint density at radius 2 is 1.87 bits per heavy atom. The molecular weight excluding hydrogens is 419 g/mol. The molecular formula is C23H23FN2O4S. The van der Waals surface area contributed by atoms with Crippen molar-refractivity contribution >= 4 is 21.6 Å². The molecule has 2 aromatic carbocycles. The average Bonchev–Trinajstić information content (AvgIpc) is 2.98. The standard InChI is InChI=1S/C23H23FN2O4S/c1-5-13-26-16(3)15(2)21(31(28,29)20-11-9-19(30-4)10-12-20)22(26)25-23(27)17-7-6-8-18(24)14-17/h5-12,14H,1,13H2,2-4H3,(H,25,27). The zero-order valence-corrected chi connectivity index (χ0v) is 18.3. The minimum absolute atomic E-state index is 0.0123. The van der Waals surface area contributed by atoms with Gasteiger partial charge in [-0.25, -0.2) is 12.8 Å². The molecule has 0 aliphatic rings. The number of halogens is 1. The fourth-order valence-electron chi connectivity index (χ4n) is 3.33. The molecule has 0 aliphatic heterocycles. The van der Waals surface area contributed by atoms with E-state index in [1.54, 1.807) is 36.6 Å². The summed E-state index contributed by atoms with van der Waals surface area (Å²) in [7, 11) is -2.49. The zero-order chi connectivity index (χ0) is 22.8. The molecule has 0 unspecified atom stereocenters. The van der Waals surface area contributed by atoms with Crippen molar-refractivity contribution in [1.82, 2.24) is 4.57 Å². The number of anilines is 1. The number of allylic oxidation sites excluding steroid dienone is 1. The van der Waals surface area contributed by atoms with Gasteiger partial charge in [-0.05, 0) is 61.9 Å². The fourth-order valence-corrected chi connectivity index (χ4v) is 5.02. The molecule has 0 bridgehead atoms. The lowest BCUT2D eigenvalue weighted by molar-refractivity contribution is 0.102. The summed E-state index contributed by atoms with van der Waals surface area (Å²) >= 11 is 0. The first-order valence-electron chi connectivity index (χ1n) is 9.47. The minimum atomic E-state index is -3.98. The number of amides is 1. The van der Waals surface area contributed by atoms with Crippen molar-refractivity contribution in [1.29, 1.82) is 0 Å². The van der Waals surface area contributed by atoms with Crippen molar-refractivity contribution in [2.75, 3.05) is 12.4 Å². The molecule has 0 saturated carbocycles. The molecule has 1 N–H and O–H groups in total. The predicted octanol–water partition coefficient (Wildman–Crippen LogP) is 4.52. The van der Waals surface area contributed by atoms with E-state index in [0.29, 0.717) is 17.0 Å². The number of ether oxygens (including phenoxy) is 1. The third-order valence-electron chi connectivity index (χ3n) is 5.04. The van der Waals surface area contributed by atoms with Crippen molar-refractivity contribution in [2.24, 2.45) is 0 Å². The molecule has 0 spiro atoms. The smallest absolute Gasteiger partial charge is 0.256 e. The number of rotatable bonds is 7. The summed E-state index contributed by atoms with van der Waals surface area (Å²) in [6, 6.07) is 11.2. The van der Waals surface area contributed by atoms with Crippen molar-refractivity contribution in [3.63, 3.8) is 0 Å². The molecule has 6 nitrogen and oxygen atoms in total. The number of carbonyl (C=O) groups excluding carboxylic acids is 1. The van der Waals surface area contributed by atoms with Gasteiger partial charge >= 0.3 is 0 Å². The topological polar surface area (TPSA) is 77.4 Å². The van der Waals surface area contributed by atoms with Crippen LogP contribution in [0.2, 0.25) is 0 Å². The molecule has 0 saturated heterocycles. The maximum Gasteiger partial charge on any atom is 0.256 e. The highest BCUT2D eigenvalue weighted by Crippen LogP contribution is 2.36. The van der Waals surface area contributed by atoms with Crippen LogP contribution in [0.1, 0.15) is 21.6 Å². The second kappa shape index (κ2) is 8.77. The molecule has 1 amide bonds. The van der Waals surface area contributed by atoms with Gasteiger partial charge in [-0.15, -0.1) is 6.58 Å². The van der Waals surface area contributed by atoms with Crippen molar-refractivity contribution in [2.45, 2.75) is 30.2 Å². The molecule has 3 rings (SSSR count). The molecule has 31 heavy (non-hydrogen) atoms. The van der Waals surface area contributed by atoms with Crippen molar-refractivity contribution in [3.8, 4) is 5.75 Å². The van der Waals surface area contributed by atoms with E-state index in [0.717, 1.165) is 6.07 Å². The van der Waals surface area contributed by atoms with E-state index in [4.69, 9.17) is 4.74 Å². The van der Waals surface area contributed by atoms with E-state index in [-0.39, 0.29) is 27.7 Å². The number of carbonyl (C=O) groups is 1. The molecule has 1 aromatic heterocycles. The predicted molar refractivity (Wildman–Crippen MR) is 117 cm³/mol. The van der Waals surface area contributed by atoms with Crippen LogP contribution in [0.4, 0.5) is 10.2 Å². The van der Waals surface area contributed by atoms with Gasteiger partial charge < -0.3 is 14.6 Å². The van der Waals surface area contributed by atoms with Crippen LogP contribution in [0.25, 0.3) is 0 Å². The maximum absolute atomic E-state index is 13.6. The van der Waals surface area contributed by atoms with Gasteiger partial charge in [0.1, 0.15) is 22.3 Å². The SMILES string of the molecule is C=CCn1c(C)c(C)c(S(=O)(=O)c2ccc(OC)cc2)c1NC(=O)c1cccc(F)c1. The van der Waals surface area contributed by atoms with E-state index in [2.05, 4.69) is 11.9 Å². The summed E-state index contributed by atoms with van der Waals surface area (Å²) in [6.07, 6.45) is 1.61. The second-order valence-electron chi connectivity index (χ2n) is 6.93. The van der Waals surface area contributed by atoms with Gasteiger partial charge in [0.05, 0.1) is 12.0 Å². The van der Waals surface area contributed by atoms with E-state index < -0.39 is 21.6 Å². The lowest BCUT2D eigenvalue weighted by Gasteiger charge is -2.13. The lowest BCUT2D eigenvalue weighted by Crippen LogP contribution is -2.18. The van der Waals surface area contributed by atoms with Gasteiger partial charge in [-0.1, -0.05) is 12.1 Å². The van der Waals surface area contributed by atoms with Crippen molar-refractivity contribution < 1.29 is 22.3 Å². The molecule has 0 atom stereocenters. The summed E-state index contributed by atoms with van der Waals surface area (Å²) in [6.45, 7) is 7.45. The van der Waals surface area contributed by atoms with Crippen LogP contribution >= 0.6 is 0 Å². The highest BCUT2D eigenvalue weighted by molar-refractivity contribution is 7.91. The lowest BCUT2D eigenvalue weighted by atomic mass is 10.2. The first kappa shape index (κ1) is 22.3. The number of sulfone groups is 1. The van der Waals surface area contributed by atoms with Gasteiger partial charge in [-0.2, -0.15) is 0 Å². The fraction of sp³-hybridized carbons (Fsp3) is 0.174. The Kier molecular flexibility index (Phi) is 6.31. The summed E-state index contributed by atoms with van der Waals surface area (Å²) in [5.74, 6) is -0.545. The molecule has 1 heterocycles. The first-order valence-corrected chi connectivity index (χ1v) is 11.0. The number of methoxy groups -OCH3 is 1. The summed E-state index contributed by atoms with van der Waals surface area (Å²) in [5.41, 5.74) is 1.25. The molecule has 162 valence electrons. The van der Waals surface area contributed by atoms with E-state index >= 15 is 0 Å². The van der Waals surface area contributed by atoms with Gasteiger partial charge in [0.2, 0.25) is 9.84 Å². The van der Waals surface area contributed by atoms with Crippen LogP contribution < -0.4 is 10.1 Å². The van der Waals surface area contributed by atoms with Gasteiger partial charge in [0, 0.05) is 17.8 Å². The van der Waals surface area contributed by atoms with Crippen LogP contribution in [0.15, 0.2) is 71.0 Å². The summed E-state index contributed by atoms with van der Waals surface area (Å²) < 4.78 is 47.4. The number of aromatic nitrogens is 1. The number of hydrogen-bond acceptors (Lipinski definition) is 4.